The summed E-state index contributed by atoms with van der Waals surface area (Å²) in [6, 6.07) is 7.10. The Morgan fingerprint density at radius 3 is 2.08 bits per heavy atom. The van der Waals surface area contributed by atoms with Crippen molar-refractivity contribution < 1.29 is 10.6 Å². The van der Waals surface area contributed by atoms with Crippen LogP contribution >= 0.6 is 12.4 Å². The average molecular weight is 192 g/mol. The van der Waals surface area contributed by atoms with E-state index >= 15 is 0 Å². The Labute approximate surface area is 77.9 Å². The van der Waals surface area contributed by atoms with E-state index in [-0.39, 0.29) is 17.9 Å². The SMILES string of the molecule is Cl.NCCc1ccc(O)cc1.O. The van der Waals surface area contributed by atoms with Crippen molar-refractivity contribution in [1.82, 2.24) is 0 Å². The first-order valence-electron chi connectivity index (χ1n) is 3.31. The fourth-order valence-electron chi connectivity index (χ4n) is 0.829. The van der Waals surface area contributed by atoms with Crippen LogP contribution in [0.2, 0.25) is 0 Å². The van der Waals surface area contributed by atoms with Crippen molar-refractivity contribution in [2.75, 3.05) is 6.54 Å². The Bertz CT molecular complexity index is 201. The maximum atomic E-state index is 8.89. The van der Waals surface area contributed by atoms with Gasteiger partial charge in [0.15, 0.2) is 0 Å². The molecule has 0 heterocycles. The molecule has 0 aliphatic rings. The summed E-state index contributed by atoms with van der Waals surface area (Å²) in [5.74, 6) is 0.306. The molecule has 0 aromatic heterocycles. The monoisotopic (exact) mass is 191 g/mol. The van der Waals surface area contributed by atoms with E-state index in [1.165, 1.54) is 5.56 Å². The molecule has 1 aromatic carbocycles. The summed E-state index contributed by atoms with van der Waals surface area (Å²) in [6.45, 7) is 0.658. The number of benzene rings is 1. The van der Waals surface area contributed by atoms with E-state index in [1.807, 2.05) is 12.1 Å². The van der Waals surface area contributed by atoms with E-state index in [4.69, 9.17) is 10.8 Å². The maximum Gasteiger partial charge on any atom is 0.115 e. The van der Waals surface area contributed by atoms with Crippen LogP contribution in [0, 0.1) is 0 Å². The second-order valence-corrected chi connectivity index (χ2v) is 2.21. The number of halogens is 1. The topological polar surface area (TPSA) is 77.8 Å². The zero-order chi connectivity index (χ0) is 7.40. The van der Waals surface area contributed by atoms with Crippen LogP contribution in [0.3, 0.4) is 0 Å². The summed E-state index contributed by atoms with van der Waals surface area (Å²) in [5, 5.41) is 8.89. The normalized spacial score (nSPS) is 8.08. The molecule has 70 valence electrons. The Kier molecular flexibility index (Phi) is 7.94. The molecular formula is C8H14ClNO2. The molecule has 3 nitrogen and oxygen atoms in total. The van der Waals surface area contributed by atoms with Gasteiger partial charge in [0.2, 0.25) is 0 Å². The quantitative estimate of drug-likeness (QED) is 0.714. The standard InChI is InChI=1S/C8H11NO.ClH.H2O/c9-6-5-7-1-3-8(10)4-2-7;;/h1-4,10H,5-6,9H2;1H;1H2. The van der Waals surface area contributed by atoms with Crippen LogP contribution in [0.15, 0.2) is 24.3 Å². The second-order valence-electron chi connectivity index (χ2n) is 2.21. The number of phenolic OH excluding ortho intramolecular Hbond substituents is 1. The van der Waals surface area contributed by atoms with Gasteiger partial charge in [-0.25, -0.2) is 0 Å². The van der Waals surface area contributed by atoms with Crippen molar-refractivity contribution >= 4 is 12.4 Å². The van der Waals surface area contributed by atoms with E-state index in [1.54, 1.807) is 12.1 Å². The van der Waals surface area contributed by atoms with Gasteiger partial charge in [-0.3, -0.25) is 0 Å². The van der Waals surface area contributed by atoms with Gasteiger partial charge in [0.1, 0.15) is 5.75 Å². The predicted octanol–water partition coefficient (Wildman–Crippen LogP) is 0.490. The molecule has 0 spiro atoms. The molecule has 0 saturated carbocycles. The van der Waals surface area contributed by atoms with Crippen molar-refractivity contribution in [3.63, 3.8) is 0 Å². The summed E-state index contributed by atoms with van der Waals surface area (Å²) in [4.78, 5) is 0. The van der Waals surface area contributed by atoms with Gasteiger partial charge in [0, 0.05) is 0 Å². The third kappa shape index (κ3) is 4.18. The van der Waals surface area contributed by atoms with Crippen LogP contribution in [-0.4, -0.2) is 17.1 Å². The van der Waals surface area contributed by atoms with Gasteiger partial charge in [-0.15, -0.1) is 12.4 Å². The highest BCUT2D eigenvalue weighted by molar-refractivity contribution is 5.85. The number of rotatable bonds is 2. The Balaban J connectivity index is 0. The minimum atomic E-state index is 0. The Hall–Kier alpha value is -0.770. The number of phenols is 1. The molecule has 0 saturated heterocycles. The number of nitrogens with two attached hydrogens (primary N) is 1. The van der Waals surface area contributed by atoms with Crippen molar-refractivity contribution in [2.45, 2.75) is 6.42 Å². The van der Waals surface area contributed by atoms with Crippen LogP contribution in [0.25, 0.3) is 0 Å². The molecule has 5 N–H and O–H groups in total. The van der Waals surface area contributed by atoms with Crippen LogP contribution < -0.4 is 5.73 Å². The molecule has 0 amide bonds. The average Bonchev–Trinajstić information content (AvgIpc) is 1.95. The molecule has 12 heavy (non-hydrogen) atoms. The highest BCUT2D eigenvalue weighted by Crippen LogP contribution is 2.09. The van der Waals surface area contributed by atoms with E-state index < -0.39 is 0 Å². The number of hydrogen-bond donors (Lipinski definition) is 2. The molecule has 0 unspecified atom stereocenters. The fourth-order valence-corrected chi connectivity index (χ4v) is 0.829. The summed E-state index contributed by atoms with van der Waals surface area (Å²) < 4.78 is 0. The first kappa shape index (κ1) is 13.8. The maximum absolute atomic E-state index is 8.89. The minimum Gasteiger partial charge on any atom is -0.508 e. The molecule has 0 radical (unpaired) electrons. The van der Waals surface area contributed by atoms with Gasteiger partial charge < -0.3 is 16.3 Å². The van der Waals surface area contributed by atoms with Gasteiger partial charge in [-0.2, -0.15) is 0 Å². The number of hydrogen-bond acceptors (Lipinski definition) is 2. The zero-order valence-corrected chi connectivity index (χ0v) is 7.47. The molecule has 0 atom stereocenters. The summed E-state index contributed by atoms with van der Waals surface area (Å²) >= 11 is 0. The van der Waals surface area contributed by atoms with E-state index in [9.17, 15) is 0 Å². The first-order valence-corrected chi connectivity index (χ1v) is 3.31. The minimum absolute atomic E-state index is 0. The lowest BCUT2D eigenvalue weighted by Crippen LogP contribution is -2.01. The lowest BCUT2D eigenvalue weighted by Gasteiger charge is -1.96. The van der Waals surface area contributed by atoms with Gasteiger partial charge >= 0.3 is 0 Å². The molecule has 0 bridgehead atoms. The predicted molar refractivity (Wildman–Crippen MR) is 51.7 cm³/mol. The third-order valence-corrected chi connectivity index (χ3v) is 1.37. The van der Waals surface area contributed by atoms with Crippen LogP contribution in [-0.2, 0) is 6.42 Å². The molecular weight excluding hydrogens is 178 g/mol. The highest BCUT2D eigenvalue weighted by atomic mass is 35.5. The Morgan fingerprint density at radius 2 is 1.67 bits per heavy atom. The van der Waals surface area contributed by atoms with Crippen molar-refractivity contribution in [3.8, 4) is 5.75 Å². The van der Waals surface area contributed by atoms with Gasteiger partial charge in [0.05, 0.1) is 0 Å². The largest absolute Gasteiger partial charge is 0.508 e. The van der Waals surface area contributed by atoms with Gasteiger partial charge in [-0.05, 0) is 30.7 Å². The van der Waals surface area contributed by atoms with Gasteiger partial charge in [-0.1, -0.05) is 12.1 Å². The van der Waals surface area contributed by atoms with E-state index in [0.717, 1.165) is 6.42 Å². The lowest BCUT2D eigenvalue weighted by molar-refractivity contribution is 0.475. The first-order chi connectivity index (χ1) is 4.83. The van der Waals surface area contributed by atoms with E-state index in [0.29, 0.717) is 12.3 Å². The van der Waals surface area contributed by atoms with Crippen LogP contribution in [0.4, 0.5) is 0 Å². The summed E-state index contributed by atoms with van der Waals surface area (Å²) in [5.41, 5.74) is 6.50. The second kappa shape index (κ2) is 6.91. The Morgan fingerprint density at radius 1 is 1.17 bits per heavy atom. The smallest absolute Gasteiger partial charge is 0.115 e. The van der Waals surface area contributed by atoms with Crippen molar-refractivity contribution in [1.29, 1.82) is 0 Å². The fraction of sp³-hybridized carbons (Fsp3) is 0.250. The molecule has 0 fully saturated rings. The summed E-state index contributed by atoms with van der Waals surface area (Å²) in [7, 11) is 0. The molecule has 1 aromatic rings. The summed E-state index contributed by atoms with van der Waals surface area (Å²) in [6.07, 6.45) is 0.875. The van der Waals surface area contributed by atoms with Gasteiger partial charge in [0.25, 0.3) is 0 Å². The molecule has 0 aliphatic heterocycles. The molecule has 0 aliphatic carbocycles. The van der Waals surface area contributed by atoms with Crippen molar-refractivity contribution in [3.05, 3.63) is 29.8 Å². The molecule has 1 rings (SSSR count). The third-order valence-electron chi connectivity index (χ3n) is 1.37. The van der Waals surface area contributed by atoms with Crippen LogP contribution in [0.1, 0.15) is 5.56 Å². The van der Waals surface area contributed by atoms with Crippen LogP contribution in [0.5, 0.6) is 5.75 Å². The molecule has 4 heteroatoms. The highest BCUT2D eigenvalue weighted by Gasteiger charge is 1.89. The van der Waals surface area contributed by atoms with Crippen molar-refractivity contribution in [2.24, 2.45) is 5.73 Å². The lowest BCUT2D eigenvalue weighted by atomic mass is 10.1. The number of aromatic hydroxyl groups is 1. The van der Waals surface area contributed by atoms with E-state index in [2.05, 4.69) is 0 Å². The zero-order valence-electron chi connectivity index (χ0n) is 6.66.